The number of phenolic OH excluding ortho intramolecular Hbond substituents is 1. The summed E-state index contributed by atoms with van der Waals surface area (Å²) in [5.74, 6) is -0.757. The molecule has 2 aliphatic heterocycles. The Kier molecular flexibility index (Phi) is 2.88. The van der Waals surface area contributed by atoms with E-state index in [-0.39, 0.29) is 24.5 Å². The molecule has 7 nitrogen and oxygen atoms in total. The highest BCUT2D eigenvalue weighted by atomic mass is 16.3. The van der Waals surface area contributed by atoms with E-state index in [2.05, 4.69) is 5.32 Å². The lowest BCUT2D eigenvalue weighted by Gasteiger charge is -2.36. The number of aromatic hydroxyl groups is 1. The monoisotopic (exact) mass is 278 g/mol. The van der Waals surface area contributed by atoms with Crippen LogP contribution in [0.15, 0.2) is 18.2 Å². The topological polar surface area (TPSA) is 110 Å². The molecular formula is C13H14N2O5. The number of amides is 2. The summed E-state index contributed by atoms with van der Waals surface area (Å²) in [4.78, 5) is 24.6. The second-order valence-corrected chi connectivity index (χ2v) is 4.98. The number of phenols is 1. The van der Waals surface area contributed by atoms with E-state index >= 15 is 0 Å². The molecule has 3 atom stereocenters. The van der Waals surface area contributed by atoms with Crippen LogP contribution in [0.1, 0.15) is 35.0 Å². The number of rotatable bonds is 1. The van der Waals surface area contributed by atoms with Gasteiger partial charge in [0.05, 0.1) is 6.04 Å². The van der Waals surface area contributed by atoms with Crippen molar-refractivity contribution in [1.82, 2.24) is 10.2 Å². The summed E-state index contributed by atoms with van der Waals surface area (Å²) in [5.41, 5.74) is 0.596. The highest BCUT2D eigenvalue weighted by Gasteiger charge is 2.44. The van der Waals surface area contributed by atoms with E-state index in [9.17, 15) is 24.9 Å². The molecule has 1 saturated heterocycles. The van der Waals surface area contributed by atoms with Crippen molar-refractivity contribution in [3.05, 3.63) is 29.3 Å². The summed E-state index contributed by atoms with van der Waals surface area (Å²) in [5, 5.41) is 31.9. The molecule has 1 aromatic rings. The zero-order valence-electron chi connectivity index (χ0n) is 10.5. The van der Waals surface area contributed by atoms with Gasteiger partial charge in [-0.2, -0.15) is 0 Å². The molecular weight excluding hydrogens is 264 g/mol. The van der Waals surface area contributed by atoms with Crippen LogP contribution in [0.5, 0.6) is 5.75 Å². The maximum atomic E-state index is 12.3. The van der Waals surface area contributed by atoms with Gasteiger partial charge in [0.2, 0.25) is 5.91 Å². The number of nitrogens with zero attached hydrogens (tertiary/aromatic N) is 1. The Morgan fingerprint density at radius 1 is 1.25 bits per heavy atom. The predicted octanol–water partition coefficient (Wildman–Crippen LogP) is -0.564. The standard InChI is InChI=1S/C13H14N2O5/c16-6-1-2-7-8(5-6)13(20)15(12(7)19)9-3-4-10(17)14-11(9)18/h1-2,5,9,11,13,16,18,20H,3-4H2,(H,14,17). The number of hydrogen-bond donors (Lipinski definition) is 4. The highest BCUT2D eigenvalue weighted by Crippen LogP contribution is 2.37. The third kappa shape index (κ3) is 1.83. The molecule has 0 radical (unpaired) electrons. The molecule has 1 fully saturated rings. The van der Waals surface area contributed by atoms with Gasteiger partial charge in [-0.25, -0.2) is 0 Å². The first-order valence-electron chi connectivity index (χ1n) is 6.30. The second-order valence-electron chi connectivity index (χ2n) is 4.98. The average molecular weight is 278 g/mol. The molecule has 0 spiro atoms. The number of aliphatic hydroxyl groups excluding tert-OH is 2. The second kappa shape index (κ2) is 4.46. The SMILES string of the molecule is O=C1CCC(N2C(=O)c3ccc(O)cc3C2O)C(O)N1. The fourth-order valence-corrected chi connectivity index (χ4v) is 2.75. The normalized spacial score (nSPS) is 29.3. The van der Waals surface area contributed by atoms with E-state index < -0.39 is 24.4 Å². The van der Waals surface area contributed by atoms with Gasteiger partial charge in [-0.1, -0.05) is 0 Å². The van der Waals surface area contributed by atoms with Crippen LogP contribution >= 0.6 is 0 Å². The minimum atomic E-state index is -1.24. The predicted molar refractivity (Wildman–Crippen MR) is 66.4 cm³/mol. The molecule has 7 heteroatoms. The number of aliphatic hydroxyl groups is 2. The van der Waals surface area contributed by atoms with Crippen molar-refractivity contribution in [2.45, 2.75) is 31.3 Å². The Balaban J connectivity index is 1.93. The Morgan fingerprint density at radius 3 is 2.70 bits per heavy atom. The molecule has 3 rings (SSSR count). The summed E-state index contributed by atoms with van der Waals surface area (Å²) in [7, 11) is 0. The number of nitrogens with one attached hydrogen (secondary N) is 1. The van der Waals surface area contributed by atoms with Gasteiger partial charge >= 0.3 is 0 Å². The Hall–Kier alpha value is -2.12. The highest BCUT2D eigenvalue weighted by molar-refractivity contribution is 5.99. The van der Waals surface area contributed by atoms with Crippen LogP contribution in [-0.2, 0) is 4.79 Å². The lowest BCUT2D eigenvalue weighted by Crippen LogP contribution is -2.56. The van der Waals surface area contributed by atoms with Gasteiger partial charge in [-0.05, 0) is 24.6 Å². The lowest BCUT2D eigenvalue weighted by atomic mass is 10.0. The van der Waals surface area contributed by atoms with Crippen LogP contribution < -0.4 is 5.32 Å². The summed E-state index contributed by atoms with van der Waals surface area (Å²) in [6, 6.07) is 3.44. The van der Waals surface area contributed by atoms with E-state index in [1.807, 2.05) is 0 Å². The van der Waals surface area contributed by atoms with Crippen molar-refractivity contribution in [1.29, 1.82) is 0 Å². The fraction of sp³-hybridized carbons (Fsp3) is 0.385. The van der Waals surface area contributed by atoms with Gasteiger partial charge in [-0.3, -0.25) is 9.59 Å². The van der Waals surface area contributed by atoms with Crippen molar-refractivity contribution in [2.75, 3.05) is 0 Å². The number of benzene rings is 1. The summed E-state index contributed by atoms with van der Waals surface area (Å²) in [6.07, 6.45) is -1.99. The van der Waals surface area contributed by atoms with Crippen molar-refractivity contribution in [3.8, 4) is 5.75 Å². The lowest BCUT2D eigenvalue weighted by molar-refractivity contribution is -0.132. The Bertz CT molecular complexity index is 588. The maximum absolute atomic E-state index is 12.3. The van der Waals surface area contributed by atoms with Crippen LogP contribution in [0.25, 0.3) is 0 Å². The van der Waals surface area contributed by atoms with Crippen molar-refractivity contribution in [3.63, 3.8) is 0 Å². The van der Waals surface area contributed by atoms with E-state index in [1.165, 1.54) is 18.2 Å². The third-order valence-electron chi connectivity index (χ3n) is 3.74. The molecule has 2 heterocycles. The fourth-order valence-electron chi connectivity index (χ4n) is 2.75. The van der Waals surface area contributed by atoms with E-state index in [0.717, 1.165) is 4.90 Å². The minimum absolute atomic E-state index is 0.0463. The van der Waals surface area contributed by atoms with Crippen LogP contribution in [-0.4, -0.2) is 44.3 Å². The minimum Gasteiger partial charge on any atom is -0.508 e. The van der Waals surface area contributed by atoms with Gasteiger partial charge in [0.15, 0.2) is 6.23 Å². The molecule has 0 aromatic heterocycles. The van der Waals surface area contributed by atoms with E-state index in [1.54, 1.807) is 0 Å². The number of carbonyl (C=O) groups excluding carboxylic acids is 2. The van der Waals surface area contributed by atoms with Gasteiger partial charge < -0.3 is 25.5 Å². The van der Waals surface area contributed by atoms with Gasteiger partial charge in [0.25, 0.3) is 5.91 Å². The van der Waals surface area contributed by atoms with Crippen LogP contribution in [0, 0.1) is 0 Å². The molecule has 2 aliphatic rings. The van der Waals surface area contributed by atoms with Crippen LogP contribution in [0.3, 0.4) is 0 Å². The third-order valence-corrected chi connectivity index (χ3v) is 3.74. The first kappa shape index (κ1) is 12.9. The number of piperidine rings is 1. The molecule has 0 saturated carbocycles. The van der Waals surface area contributed by atoms with Crippen LogP contribution in [0.2, 0.25) is 0 Å². The zero-order chi connectivity index (χ0) is 14.4. The molecule has 2 amide bonds. The summed E-state index contributed by atoms with van der Waals surface area (Å²) in [6.45, 7) is 0. The molecule has 20 heavy (non-hydrogen) atoms. The smallest absolute Gasteiger partial charge is 0.257 e. The number of hydrogen-bond acceptors (Lipinski definition) is 5. The Morgan fingerprint density at radius 2 is 2.00 bits per heavy atom. The van der Waals surface area contributed by atoms with Gasteiger partial charge in [-0.15, -0.1) is 0 Å². The largest absolute Gasteiger partial charge is 0.508 e. The van der Waals surface area contributed by atoms with Crippen molar-refractivity contribution < 1.29 is 24.9 Å². The first-order chi connectivity index (χ1) is 9.49. The van der Waals surface area contributed by atoms with Gasteiger partial charge in [0.1, 0.15) is 12.0 Å². The van der Waals surface area contributed by atoms with Crippen molar-refractivity contribution in [2.24, 2.45) is 0 Å². The molecule has 3 unspecified atom stereocenters. The summed E-state index contributed by atoms with van der Waals surface area (Å²) >= 11 is 0. The first-order valence-corrected chi connectivity index (χ1v) is 6.30. The molecule has 0 aliphatic carbocycles. The average Bonchev–Trinajstić information content (AvgIpc) is 2.63. The number of fused-ring (bicyclic) bond motifs is 1. The number of carbonyl (C=O) groups is 2. The van der Waals surface area contributed by atoms with Crippen LogP contribution in [0.4, 0.5) is 0 Å². The maximum Gasteiger partial charge on any atom is 0.257 e. The quantitative estimate of drug-likeness (QED) is 0.550. The zero-order valence-corrected chi connectivity index (χ0v) is 10.5. The van der Waals surface area contributed by atoms with Crippen molar-refractivity contribution >= 4 is 11.8 Å². The van der Waals surface area contributed by atoms with E-state index in [0.29, 0.717) is 11.1 Å². The molecule has 106 valence electrons. The summed E-state index contributed by atoms with van der Waals surface area (Å²) < 4.78 is 0. The molecule has 1 aromatic carbocycles. The molecule has 4 N–H and O–H groups in total. The van der Waals surface area contributed by atoms with E-state index in [4.69, 9.17) is 0 Å². The van der Waals surface area contributed by atoms with Gasteiger partial charge in [0, 0.05) is 17.5 Å². The molecule has 0 bridgehead atoms. The Labute approximate surface area is 114 Å².